The minimum absolute atomic E-state index is 0.172. The number of rotatable bonds is 5. The fourth-order valence-corrected chi connectivity index (χ4v) is 2.64. The largest absolute Gasteiger partial charge is 0.389 e. The van der Waals surface area contributed by atoms with Gasteiger partial charge in [0.15, 0.2) is 0 Å². The molecule has 1 aromatic heterocycles. The molecule has 0 radical (unpaired) electrons. The fraction of sp³-hybridized carbons (Fsp3) is 0.500. The summed E-state index contributed by atoms with van der Waals surface area (Å²) in [5.74, 6) is 0.116. The number of nitrogens with one attached hydrogen (secondary N) is 1. The Balaban J connectivity index is 2.10. The molecule has 0 fully saturated rings. The van der Waals surface area contributed by atoms with Crippen LogP contribution in [0.25, 0.3) is 0 Å². The van der Waals surface area contributed by atoms with Gasteiger partial charge in [-0.1, -0.05) is 38.1 Å². The number of aliphatic hydroxyl groups is 1. The zero-order chi connectivity index (χ0) is 18.8. The van der Waals surface area contributed by atoms with Crippen LogP contribution in [0, 0.1) is 0 Å². The van der Waals surface area contributed by atoms with Crippen LogP contribution in [-0.2, 0) is 12.1 Å². The number of amides is 1. The van der Waals surface area contributed by atoms with Crippen molar-refractivity contribution in [2.45, 2.75) is 65.6 Å². The van der Waals surface area contributed by atoms with E-state index >= 15 is 0 Å². The average Bonchev–Trinajstić information content (AvgIpc) is 2.99. The first kappa shape index (κ1) is 19.2. The normalized spacial score (nSPS) is 13.1. The van der Waals surface area contributed by atoms with Crippen molar-refractivity contribution in [1.29, 1.82) is 0 Å². The van der Waals surface area contributed by atoms with Crippen LogP contribution in [0.2, 0.25) is 0 Å². The lowest BCUT2D eigenvalue weighted by Gasteiger charge is -2.23. The number of aliphatic hydroxyl groups excluding tert-OH is 1. The summed E-state index contributed by atoms with van der Waals surface area (Å²) in [6.45, 7) is 12.6. The second-order valence-corrected chi connectivity index (χ2v) is 7.79. The van der Waals surface area contributed by atoms with E-state index in [1.165, 1.54) is 0 Å². The van der Waals surface area contributed by atoms with Gasteiger partial charge in [0.25, 0.3) is 5.91 Å². The molecule has 0 unspecified atom stereocenters. The van der Waals surface area contributed by atoms with Crippen molar-refractivity contribution in [1.82, 2.24) is 15.1 Å². The predicted octanol–water partition coefficient (Wildman–Crippen LogP) is 3.74. The lowest BCUT2D eigenvalue weighted by atomic mass is 10.1. The molecule has 1 heterocycles. The Morgan fingerprint density at radius 2 is 1.80 bits per heavy atom. The molecule has 1 atom stereocenters. The van der Waals surface area contributed by atoms with Crippen molar-refractivity contribution in [3.63, 3.8) is 0 Å². The maximum Gasteiger partial charge on any atom is 0.272 e. The molecule has 0 aliphatic heterocycles. The maximum absolute atomic E-state index is 12.5. The Morgan fingerprint density at radius 3 is 2.24 bits per heavy atom. The molecule has 2 rings (SSSR count). The smallest absolute Gasteiger partial charge is 0.272 e. The van der Waals surface area contributed by atoms with Crippen molar-refractivity contribution in [2.24, 2.45) is 0 Å². The molecule has 2 N–H and O–H groups in total. The number of carbonyl (C=O) groups excluding carboxylic acids is 1. The van der Waals surface area contributed by atoms with Crippen molar-refractivity contribution in [3.05, 3.63) is 52.8 Å². The third kappa shape index (κ3) is 4.69. The van der Waals surface area contributed by atoms with Gasteiger partial charge < -0.3 is 10.4 Å². The lowest BCUT2D eigenvalue weighted by Crippen LogP contribution is -2.27. The Bertz CT molecular complexity index is 722. The van der Waals surface area contributed by atoms with Gasteiger partial charge in [0.2, 0.25) is 0 Å². The monoisotopic (exact) mass is 343 g/mol. The van der Waals surface area contributed by atoms with Gasteiger partial charge >= 0.3 is 0 Å². The van der Waals surface area contributed by atoms with Crippen LogP contribution in [0.4, 0.5) is 0 Å². The van der Waals surface area contributed by atoms with E-state index in [1.807, 2.05) is 35.0 Å². The van der Waals surface area contributed by atoms with E-state index in [-0.39, 0.29) is 11.4 Å². The highest BCUT2D eigenvalue weighted by Crippen LogP contribution is 2.23. The molecule has 0 spiro atoms. The predicted molar refractivity (Wildman–Crippen MR) is 99.6 cm³/mol. The Labute approximate surface area is 150 Å². The minimum Gasteiger partial charge on any atom is -0.389 e. The van der Waals surface area contributed by atoms with E-state index in [9.17, 15) is 9.90 Å². The highest BCUT2D eigenvalue weighted by molar-refractivity contribution is 5.92. The van der Waals surface area contributed by atoms with Crippen LogP contribution in [0.1, 0.15) is 80.9 Å². The van der Waals surface area contributed by atoms with Gasteiger partial charge in [0.05, 0.1) is 11.6 Å². The molecular formula is C20H29N3O2. The first-order chi connectivity index (χ1) is 11.6. The number of benzene rings is 1. The lowest BCUT2D eigenvalue weighted by molar-refractivity contribution is 0.0944. The molecule has 1 aromatic carbocycles. The van der Waals surface area contributed by atoms with Gasteiger partial charge in [-0.3, -0.25) is 9.48 Å². The second-order valence-electron chi connectivity index (χ2n) is 7.79. The number of nitrogens with zero attached hydrogens (tertiary/aromatic N) is 2. The molecule has 0 aliphatic rings. The summed E-state index contributed by atoms with van der Waals surface area (Å²) < 4.78 is 1.93. The Kier molecular flexibility index (Phi) is 5.68. The van der Waals surface area contributed by atoms with Gasteiger partial charge in [0, 0.05) is 12.2 Å². The van der Waals surface area contributed by atoms with Crippen LogP contribution >= 0.6 is 0 Å². The van der Waals surface area contributed by atoms with Gasteiger partial charge in [-0.05, 0) is 50.8 Å². The van der Waals surface area contributed by atoms with E-state index in [4.69, 9.17) is 0 Å². The number of hydrogen-bond acceptors (Lipinski definition) is 3. The summed E-state index contributed by atoms with van der Waals surface area (Å²) in [7, 11) is 0. The van der Waals surface area contributed by atoms with E-state index in [2.05, 4.69) is 45.0 Å². The number of carbonyl (C=O) groups is 1. The molecule has 2 aromatic rings. The maximum atomic E-state index is 12.5. The van der Waals surface area contributed by atoms with Crippen molar-refractivity contribution in [2.75, 3.05) is 0 Å². The van der Waals surface area contributed by atoms with Gasteiger partial charge in [-0.25, -0.2) is 0 Å². The first-order valence-corrected chi connectivity index (χ1v) is 8.75. The molecule has 5 heteroatoms. The summed E-state index contributed by atoms with van der Waals surface area (Å²) in [4.78, 5) is 12.5. The molecule has 0 saturated carbocycles. The van der Waals surface area contributed by atoms with Crippen LogP contribution < -0.4 is 5.32 Å². The van der Waals surface area contributed by atoms with E-state index in [1.54, 1.807) is 6.92 Å². The number of aromatic nitrogens is 2. The third-order valence-electron chi connectivity index (χ3n) is 4.11. The highest BCUT2D eigenvalue weighted by Gasteiger charge is 2.23. The van der Waals surface area contributed by atoms with Crippen molar-refractivity contribution in [3.8, 4) is 0 Å². The Morgan fingerprint density at radius 1 is 1.20 bits per heavy atom. The SMILES string of the molecule is CC(C)c1cc(C(=O)NCc2ccc([C@@H](C)O)cc2)nn1C(C)(C)C. The standard InChI is InChI=1S/C20H29N3O2/c1-13(2)18-11-17(22-23(18)20(4,5)6)19(25)21-12-15-7-9-16(10-8-15)14(3)24/h7-11,13-14,24H,12H2,1-6H3,(H,21,25)/t14-/m1/s1. The Hall–Kier alpha value is -2.14. The van der Waals surface area contributed by atoms with Crippen LogP contribution in [0.15, 0.2) is 30.3 Å². The van der Waals surface area contributed by atoms with E-state index in [0.29, 0.717) is 18.2 Å². The molecular weight excluding hydrogens is 314 g/mol. The summed E-state index contributed by atoms with van der Waals surface area (Å²) >= 11 is 0. The minimum atomic E-state index is -0.487. The van der Waals surface area contributed by atoms with Crippen LogP contribution in [0.3, 0.4) is 0 Å². The fourth-order valence-electron chi connectivity index (χ4n) is 2.64. The summed E-state index contributed by atoms with van der Waals surface area (Å²) in [5.41, 5.74) is 3.17. The zero-order valence-electron chi connectivity index (χ0n) is 16.0. The first-order valence-electron chi connectivity index (χ1n) is 8.75. The van der Waals surface area contributed by atoms with Gasteiger partial charge in [-0.2, -0.15) is 5.10 Å². The molecule has 25 heavy (non-hydrogen) atoms. The summed E-state index contributed by atoms with van der Waals surface area (Å²) in [6, 6.07) is 9.45. The van der Waals surface area contributed by atoms with E-state index < -0.39 is 6.10 Å². The van der Waals surface area contributed by atoms with Gasteiger partial charge in [0.1, 0.15) is 5.69 Å². The van der Waals surface area contributed by atoms with Crippen molar-refractivity contribution < 1.29 is 9.90 Å². The molecule has 0 saturated heterocycles. The van der Waals surface area contributed by atoms with Crippen LogP contribution in [-0.4, -0.2) is 20.8 Å². The van der Waals surface area contributed by atoms with Gasteiger partial charge in [-0.15, -0.1) is 0 Å². The highest BCUT2D eigenvalue weighted by atomic mass is 16.3. The second kappa shape index (κ2) is 7.40. The molecule has 5 nitrogen and oxygen atoms in total. The van der Waals surface area contributed by atoms with E-state index in [0.717, 1.165) is 16.8 Å². The summed E-state index contributed by atoms with van der Waals surface area (Å²) in [5, 5.41) is 17.0. The third-order valence-corrected chi connectivity index (χ3v) is 4.11. The molecule has 136 valence electrons. The average molecular weight is 343 g/mol. The molecule has 0 bridgehead atoms. The number of hydrogen-bond donors (Lipinski definition) is 2. The van der Waals surface area contributed by atoms with Crippen molar-refractivity contribution >= 4 is 5.91 Å². The van der Waals surface area contributed by atoms with Crippen LogP contribution in [0.5, 0.6) is 0 Å². The zero-order valence-corrected chi connectivity index (χ0v) is 16.0. The topological polar surface area (TPSA) is 67.2 Å². The quantitative estimate of drug-likeness (QED) is 0.869. The molecule has 0 aliphatic carbocycles. The molecule has 1 amide bonds. The summed E-state index contributed by atoms with van der Waals surface area (Å²) in [6.07, 6.45) is -0.487.